The number of hydrogen-bond donors (Lipinski definition) is 3. The highest BCUT2D eigenvalue weighted by Gasteiger charge is 2.70. The van der Waals surface area contributed by atoms with Crippen LogP contribution in [-0.2, 0) is 18.3 Å². The molecule has 0 spiro atoms. The Balaban J connectivity index is 1.89. The molecule has 0 aromatic carbocycles. The molecule has 0 saturated carbocycles. The molecule has 4 rings (SSSR count). The fourth-order valence-electron chi connectivity index (χ4n) is 3.17. The van der Waals surface area contributed by atoms with E-state index in [0.29, 0.717) is 5.39 Å². The number of phosphoric acid groups is 1. The third-order valence-electron chi connectivity index (χ3n) is 4.26. The zero-order valence-electron chi connectivity index (χ0n) is 13.4. The second-order valence-electron chi connectivity index (χ2n) is 5.90. The Morgan fingerprint density at radius 2 is 2.31 bits per heavy atom. The second kappa shape index (κ2) is 5.47. The fourth-order valence-corrected chi connectivity index (χ4v) is 4.16. The molecule has 4 heterocycles. The molecule has 2 saturated heterocycles. The summed E-state index contributed by atoms with van der Waals surface area (Å²) in [6.45, 7) is 0.505. The van der Waals surface area contributed by atoms with E-state index in [1.807, 2.05) is 0 Å². The number of alkyl halides is 1. The number of halogens is 1. The summed E-state index contributed by atoms with van der Waals surface area (Å²) in [5.41, 5.74) is 3.75. The van der Waals surface area contributed by atoms with Gasteiger partial charge in [-0.3, -0.25) is 9.05 Å². The summed E-state index contributed by atoms with van der Waals surface area (Å²) in [6, 6.07) is 1.56. The maximum atomic E-state index is 15.2. The van der Waals surface area contributed by atoms with Gasteiger partial charge in [0, 0.05) is 6.20 Å². The Morgan fingerprint density at radius 3 is 3.04 bits per heavy atom. The van der Waals surface area contributed by atoms with Crippen LogP contribution in [0.5, 0.6) is 0 Å². The van der Waals surface area contributed by atoms with Crippen LogP contribution in [0.4, 0.5) is 10.2 Å². The number of anilines is 1. The van der Waals surface area contributed by atoms with Crippen LogP contribution in [0.2, 0.25) is 0 Å². The Labute approximate surface area is 146 Å². The molecule has 2 aromatic rings. The molecule has 138 valence electrons. The highest BCUT2D eigenvalue weighted by atomic mass is 31.2. The van der Waals surface area contributed by atoms with Crippen LogP contribution in [0, 0.1) is 11.8 Å². The van der Waals surface area contributed by atoms with Crippen molar-refractivity contribution in [1.82, 2.24) is 14.5 Å². The van der Waals surface area contributed by atoms with E-state index < -0.39 is 38.2 Å². The van der Waals surface area contributed by atoms with E-state index in [2.05, 4.69) is 26.3 Å². The summed E-state index contributed by atoms with van der Waals surface area (Å²) in [4.78, 5) is 17.5. The summed E-state index contributed by atoms with van der Waals surface area (Å²) in [7, 11) is -4.56. The van der Waals surface area contributed by atoms with E-state index in [-0.39, 0.29) is 11.5 Å². The van der Waals surface area contributed by atoms with Crippen molar-refractivity contribution >= 4 is 24.7 Å². The van der Waals surface area contributed by atoms with Gasteiger partial charge >= 0.3 is 7.82 Å². The van der Waals surface area contributed by atoms with Crippen LogP contribution in [0.1, 0.15) is 13.2 Å². The van der Waals surface area contributed by atoms with Crippen molar-refractivity contribution in [3.63, 3.8) is 0 Å². The van der Waals surface area contributed by atoms with E-state index in [4.69, 9.17) is 15.0 Å². The molecule has 0 aliphatic carbocycles. The summed E-state index contributed by atoms with van der Waals surface area (Å²) in [5.74, 6) is 2.39. The van der Waals surface area contributed by atoms with Crippen molar-refractivity contribution in [3.05, 3.63) is 18.6 Å². The van der Waals surface area contributed by atoms with Gasteiger partial charge < -0.3 is 25.0 Å². The first-order valence-corrected chi connectivity index (χ1v) is 8.95. The first-order chi connectivity index (χ1) is 12.2. The van der Waals surface area contributed by atoms with Crippen LogP contribution < -0.4 is 5.73 Å². The second-order valence-corrected chi connectivity index (χ2v) is 7.31. The van der Waals surface area contributed by atoms with Crippen molar-refractivity contribution < 1.29 is 32.7 Å². The van der Waals surface area contributed by atoms with Gasteiger partial charge in [-0.25, -0.2) is 18.9 Å². The molecule has 2 aliphatic heterocycles. The standard InChI is InChI=1S/C14H14FN4O6P/c1-2-4-13(20)11-14(15,6-23-26(21,22)25-11)24-12(13)19-5-3-8-9(16)17-7-18-10(8)19/h3,5,7,11-12,20H,6H2,1H3,(H,21,22)(H2,16,17,18)/t11-,12+,13+,14+/m0/s1. The van der Waals surface area contributed by atoms with E-state index in [1.54, 1.807) is 6.07 Å². The smallest absolute Gasteiger partial charge is 0.383 e. The maximum Gasteiger partial charge on any atom is 0.473 e. The summed E-state index contributed by atoms with van der Waals surface area (Å²) < 4.78 is 43.0. The first kappa shape index (κ1) is 17.4. The lowest BCUT2D eigenvalue weighted by molar-refractivity contribution is -0.218. The van der Waals surface area contributed by atoms with Gasteiger partial charge in [0.25, 0.3) is 5.85 Å². The van der Waals surface area contributed by atoms with Crippen molar-refractivity contribution in [2.24, 2.45) is 0 Å². The van der Waals surface area contributed by atoms with Crippen molar-refractivity contribution in [2.45, 2.75) is 30.7 Å². The van der Waals surface area contributed by atoms with E-state index in [0.717, 1.165) is 0 Å². The Morgan fingerprint density at radius 1 is 1.54 bits per heavy atom. The minimum Gasteiger partial charge on any atom is -0.383 e. The summed E-state index contributed by atoms with van der Waals surface area (Å²) in [6.07, 6.45) is -0.664. The number of aliphatic hydroxyl groups is 1. The number of hydrogen-bond acceptors (Lipinski definition) is 8. The Hall–Kier alpha value is -2.06. The molecule has 2 aromatic heterocycles. The molecular weight excluding hydrogens is 370 g/mol. The van der Waals surface area contributed by atoms with Gasteiger partial charge in [-0.1, -0.05) is 5.92 Å². The number of nitrogens with zero attached hydrogens (tertiary/aromatic N) is 3. The molecule has 26 heavy (non-hydrogen) atoms. The molecule has 2 fully saturated rings. The summed E-state index contributed by atoms with van der Waals surface area (Å²) in [5, 5.41) is 11.6. The quantitative estimate of drug-likeness (QED) is 0.473. The third kappa shape index (κ3) is 2.35. The van der Waals surface area contributed by atoms with E-state index in [9.17, 15) is 14.6 Å². The van der Waals surface area contributed by atoms with Crippen LogP contribution in [0.25, 0.3) is 11.0 Å². The predicted molar refractivity (Wildman–Crippen MR) is 85.0 cm³/mol. The number of fused-ring (bicyclic) bond motifs is 2. The van der Waals surface area contributed by atoms with Gasteiger partial charge in [-0.05, 0) is 13.0 Å². The fraction of sp³-hybridized carbons (Fsp3) is 0.429. The highest BCUT2D eigenvalue weighted by molar-refractivity contribution is 7.47. The number of nitrogen functional groups attached to an aromatic ring is 1. The van der Waals surface area contributed by atoms with Crippen molar-refractivity contribution in [2.75, 3.05) is 12.3 Å². The topological polar surface area (TPSA) is 142 Å². The van der Waals surface area contributed by atoms with Crippen LogP contribution in [-0.4, -0.2) is 48.7 Å². The number of phosphoric ester groups is 1. The monoisotopic (exact) mass is 384 g/mol. The lowest BCUT2D eigenvalue weighted by Gasteiger charge is -2.35. The van der Waals surface area contributed by atoms with Gasteiger partial charge in [0.2, 0.25) is 5.60 Å². The molecule has 10 nitrogen and oxygen atoms in total. The number of ether oxygens (including phenoxy) is 1. The lowest BCUT2D eigenvalue weighted by atomic mass is 9.93. The molecule has 0 amide bonds. The SMILES string of the molecule is CC#C[C@]1(O)[C@H](n2ccc3c(N)ncnc32)O[C@]2(F)COP(=O)(O)O[C@@H]12. The van der Waals surface area contributed by atoms with Crippen LogP contribution in [0.15, 0.2) is 18.6 Å². The predicted octanol–water partition coefficient (Wildman–Crippen LogP) is 0.478. The highest BCUT2D eigenvalue weighted by Crippen LogP contribution is 2.59. The zero-order valence-corrected chi connectivity index (χ0v) is 14.3. The average molecular weight is 384 g/mol. The van der Waals surface area contributed by atoms with E-state index in [1.165, 1.54) is 24.0 Å². The van der Waals surface area contributed by atoms with Gasteiger partial charge in [0.1, 0.15) is 24.4 Å². The number of aromatic nitrogens is 3. The van der Waals surface area contributed by atoms with Crippen molar-refractivity contribution in [1.29, 1.82) is 0 Å². The van der Waals surface area contributed by atoms with Gasteiger partial charge in [-0.15, -0.1) is 5.92 Å². The molecule has 2 aliphatic rings. The molecule has 5 atom stereocenters. The molecular formula is C14H14FN4O6P. The number of rotatable bonds is 1. The minimum absolute atomic E-state index is 0.184. The third-order valence-corrected chi connectivity index (χ3v) is 5.19. The summed E-state index contributed by atoms with van der Waals surface area (Å²) >= 11 is 0. The Kier molecular flexibility index (Phi) is 3.65. The largest absolute Gasteiger partial charge is 0.473 e. The van der Waals surface area contributed by atoms with E-state index >= 15 is 4.39 Å². The van der Waals surface area contributed by atoms with Gasteiger partial charge in [-0.2, -0.15) is 0 Å². The lowest BCUT2D eigenvalue weighted by Crippen LogP contribution is -2.53. The molecule has 1 unspecified atom stereocenters. The van der Waals surface area contributed by atoms with Gasteiger partial charge in [0.05, 0.1) is 5.39 Å². The first-order valence-electron chi connectivity index (χ1n) is 7.46. The maximum absolute atomic E-state index is 15.2. The molecule has 0 radical (unpaired) electrons. The normalized spacial score (nSPS) is 39.4. The van der Waals surface area contributed by atoms with Crippen LogP contribution >= 0.6 is 7.82 Å². The number of nitrogens with two attached hydrogens (primary N) is 1. The molecule has 4 N–H and O–H groups in total. The molecule has 0 bridgehead atoms. The van der Waals surface area contributed by atoms with Gasteiger partial charge in [0.15, 0.2) is 12.3 Å². The molecule has 12 heteroatoms. The Bertz CT molecular complexity index is 1000. The minimum atomic E-state index is -4.56. The van der Waals surface area contributed by atoms with Crippen molar-refractivity contribution in [3.8, 4) is 11.8 Å². The average Bonchev–Trinajstić information content (AvgIpc) is 3.08. The van der Waals surface area contributed by atoms with Crippen LogP contribution in [0.3, 0.4) is 0 Å². The zero-order chi connectivity index (χ0) is 18.7.